The van der Waals surface area contributed by atoms with Gasteiger partial charge in [-0.3, -0.25) is 0 Å². The van der Waals surface area contributed by atoms with E-state index in [4.69, 9.17) is 10.00 Å². The molecular formula is C8H14N2O3S. The Morgan fingerprint density at radius 2 is 2.36 bits per heavy atom. The second kappa shape index (κ2) is 4.73. The lowest BCUT2D eigenvalue weighted by Crippen LogP contribution is -2.33. The van der Waals surface area contributed by atoms with E-state index in [1.54, 1.807) is 6.07 Å². The molecule has 1 saturated heterocycles. The second-order valence-electron chi connectivity index (χ2n) is 3.39. The minimum absolute atomic E-state index is 0.0970. The molecule has 5 nitrogen and oxygen atoms in total. The number of hydrogen-bond donors (Lipinski definition) is 1. The number of nitrogens with one attached hydrogen (secondary N) is 1. The van der Waals surface area contributed by atoms with Crippen molar-refractivity contribution >= 4 is 10.0 Å². The Morgan fingerprint density at radius 3 is 2.86 bits per heavy atom. The fourth-order valence-corrected chi connectivity index (χ4v) is 2.15. The number of hydrogen-bond acceptors (Lipinski definition) is 4. The highest BCUT2D eigenvalue weighted by atomic mass is 32.2. The molecule has 0 amide bonds. The van der Waals surface area contributed by atoms with Gasteiger partial charge in [-0.15, -0.1) is 0 Å². The lowest BCUT2D eigenvalue weighted by molar-refractivity contribution is 0.107. The van der Waals surface area contributed by atoms with Crippen molar-refractivity contribution in [2.24, 2.45) is 5.92 Å². The van der Waals surface area contributed by atoms with Crippen molar-refractivity contribution in [1.82, 2.24) is 4.72 Å². The third kappa shape index (κ3) is 3.25. The highest BCUT2D eigenvalue weighted by Crippen LogP contribution is 2.19. The minimum atomic E-state index is -3.41. The van der Waals surface area contributed by atoms with Crippen LogP contribution < -0.4 is 4.72 Å². The van der Waals surface area contributed by atoms with Crippen LogP contribution in [0.15, 0.2) is 0 Å². The maximum absolute atomic E-state index is 11.1. The monoisotopic (exact) mass is 218 g/mol. The molecule has 1 rings (SSSR count). The molecule has 0 spiro atoms. The van der Waals surface area contributed by atoms with Gasteiger partial charge in [0.05, 0.1) is 12.2 Å². The van der Waals surface area contributed by atoms with Crippen molar-refractivity contribution in [3.63, 3.8) is 0 Å². The quantitative estimate of drug-likeness (QED) is 0.712. The average Bonchev–Trinajstić information content (AvgIpc) is 2.48. The molecule has 0 aromatic rings. The Morgan fingerprint density at radius 1 is 1.64 bits per heavy atom. The van der Waals surface area contributed by atoms with Crippen LogP contribution in [0.4, 0.5) is 0 Å². The van der Waals surface area contributed by atoms with E-state index in [2.05, 4.69) is 4.72 Å². The third-order valence-electron chi connectivity index (χ3n) is 2.35. The molecule has 6 heteroatoms. The summed E-state index contributed by atoms with van der Waals surface area (Å²) >= 11 is 0. The van der Waals surface area contributed by atoms with Crippen LogP contribution in [-0.4, -0.2) is 33.4 Å². The van der Waals surface area contributed by atoms with Gasteiger partial charge in [-0.05, 0) is 13.3 Å². The van der Waals surface area contributed by atoms with E-state index in [0.717, 1.165) is 6.42 Å². The van der Waals surface area contributed by atoms with Crippen molar-refractivity contribution < 1.29 is 13.2 Å². The summed E-state index contributed by atoms with van der Waals surface area (Å²) in [5, 5.41) is 8.25. The Kier molecular flexibility index (Phi) is 3.86. The van der Waals surface area contributed by atoms with Crippen molar-refractivity contribution in [2.45, 2.75) is 19.4 Å². The van der Waals surface area contributed by atoms with Crippen LogP contribution in [0.25, 0.3) is 0 Å². The molecule has 0 aromatic heterocycles. The predicted octanol–water partition coefficient (Wildman–Crippen LogP) is -0.146. The Hall–Kier alpha value is -0.640. The molecule has 2 atom stereocenters. The molecule has 0 saturated carbocycles. The van der Waals surface area contributed by atoms with Crippen LogP contribution in [-0.2, 0) is 14.8 Å². The maximum atomic E-state index is 11.1. The number of sulfonamides is 1. The summed E-state index contributed by atoms with van der Waals surface area (Å²) in [6.45, 7) is 2.98. The minimum Gasteiger partial charge on any atom is -0.378 e. The zero-order chi connectivity index (χ0) is 10.6. The molecule has 0 radical (unpaired) electrons. The summed E-state index contributed by atoms with van der Waals surface area (Å²) in [5.74, 6) is -0.252. The molecule has 1 heterocycles. The Bertz CT molecular complexity index is 320. The molecule has 2 unspecified atom stereocenters. The first-order chi connectivity index (χ1) is 6.55. The van der Waals surface area contributed by atoms with E-state index in [1.807, 2.05) is 6.92 Å². The number of rotatable bonds is 4. The van der Waals surface area contributed by atoms with E-state index in [9.17, 15) is 8.42 Å². The Balaban J connectivity index is 2.37. The average molecular weight is 218 g/mol. The number of nitriles is 1. The van der Waals surface area contributed by atoms with Crippen molar-refractivity contribution in [2.75, 3.05) is 18.9 Å². The SMILES string of the molecule is CC1OCCC1CNS(=O)(=O)CC#N. The highest BCUT2D eigenvalue weighted by molar-refractivity contribution is 7.89. The van der Waals surface area contributed by atoms with E-state index in [0.29, 0.717) is 13.2 Å². The van der Waals surface area contributed by atoms with E-state index in [-0.39, 0.29) is 12.0 Å². The van der Waals surface area contributed by atoms with E-state index >= 15 is 0 Å². The largest absolute Gasteiger partial charge is 0.378 e. The van der Waals surface area contributed by atoms with Crippen LogP contribution >= 0.6 is 0 Å². The Labute approximate surface area is 84.1 Å². The van der Waals surface area contributed by atoms with Crippen LogP contribution in [0.5, 0.6) is 0 Å². The summed E-state index contributed by atoms with van der Waals surface area (Å²) in [6, 6.07) is 1.61. The van der Waals surface area contributed by atoms with Crippen molar-refractivity contribution in [1.29, 1.82) is 5.26 Å². The summed E-state index contributed by atoms with van der Waals surface area (Å²) in [7, 11) is -3.41. The number of ether oxygens (including phenoxy) is 1. The smallest absolute Gasteiger partial charge is 0.225 e. The molecule has 1 aliphatic rings. The highest BCUT2D eigenvalue weighted by Gasteiger charge is 2.25. The van der Waals surface area contributed by atoms with Crippen LogP contribution in [0, 0.1) is 17.2 Å². The van der Waals surface area contributed by atoms with Gasteiger partial charge in [-0.2, -0.15) is 5.26 Å². The molecule has 1 N–H and O–H groups in total. The normalized spacial score (nSPS) is 27.4. The van der Waals surface area contributed by atoms with Gasteiger partial charge in [-0.25, -0.2) is 13.1 Å². The molecule has 1 aliphatic heterocycles. The summed E-state index contributed by atoms with van der Waals surface area (Å²) in [4.78, 5) is 0. The molecule has 80 valence electrons. The van der Waals surface area contributed by atoms with E-state index in [1.165, 1.54) is 0 Å². The van der Waals surface area contributed by atoms with Crippen LogP contribution in [0.3, 0.4) is 0 Å². The van der Waals surface area contributed by atoms with Crippen molar-refractivity contribution in [3.05, 3.63) is 0 Å². The topological polar surface area (TPSA) is 79.2 Å². The zero-order valence-corrected chi connectivity index (χ0v) is 8.88. The number of nitrogens with zero attached hydrogens (tertiary/aromatic N) is 1. The van der Waals surface area contributed by atoms with Gasteiger partial charge in [0.2, 0.25) is 10.0 Å². The molecular weight excluding hydrogens is 204 g/mol. The predicted molar refractivity (Wildman–Crippen MR) is 50.9 cm³/mol. The molecule has 0 aromatic carbocycles. The first-order valence-electron chi connectivity index (χ1n) is 4.51. The lowest BCUT2D eigenvalue weighted by atomic mass is 10.0. The summed E-state index contributed by atoms with van der Waals surface area (Å²) in [6.07, 6.45) is 0.968. The van der Waals surface area contributed by atoms with Gasteiger partial charge in [0.25, 0.3) is 0 Å². The summed E-state index contributed by atoms with van der Waals surface area (Å²) in [5.41, 5.74) is 0. The lowest BCUT2D eigenvalue weighted by Gasteiger charge is -2.13. The van der Waals surface area contributed by atoms with Gasteiger partial charge in [0.1, 0.15) is 0 Å². The third-order valence-corrected chi connectivity index (χ3v) is 3.47. The maximum Gasteiger partial charge on any atom is 0.225 e. The second-order valence-corrected chi connectivity index (χ2v) is 5.20. The molecule has 14 heavy (non-hydrogen) atoms. The fraction of sp³-hybridized carbons (Fsp3) is 0.875. The van der Waals surface area contributed by atoms with Crippen LogP contribution in [0.2, 0.25) is 0 Å². The standard InChI is InChI=1S/C8H14N2O3S/c1-7-8(2-4-13-7)6-10-14(11,12)5-3-9/h7-8,10H,2,4-6H2,1H3. The van der Waals surface area contributed by atoms with Gasteiger partial charge < -0.3 is 4.74 Å². The zero-order valence-electron chi connectivity index (χ0n) is 8.06. The van der Waals surface area contributed by atoms with Gasteiger partial charge in [0.15, 0.2) is 5.75 Å². The van der Waals surface area contributed by atoms with Gasteiger partial charge in [0, 0.05) is 19.1 Å². The van der Waals surface area contributed by atoms with Crippen molar-refractivity contribution in [3.8, 4) is 6.07 Å². The summed E-state index contributed by atoms with van der Waals surface area (Å²) < 4.78 is 29.9. The fourth-order valence-electron chi connectivity index (χ4n) is 1.41. The molecule has 0 bridgehead atoms. The van der Waals surface area contributed by atoms with Gasteiger partial charge in [-0.1, -0.05) is 0 Å². The molecule has 0 aliphatic carbocycles. The van der Waals surface area contributed by atoms with Gasteiger partial charge >= 0.3 is 0 Å². The first-order valence-corrected chi connectivity index (χ1v) is 6.16. The molecule has 1 fully saturated rings. The first kappa shape index (κ1) is 11.4. The van der Waals surface area contributed by atoms with Crippen LogP contribution in [0.1, 0.15) is 13.3 Å². The van der Waals surface area contributed by atoms with E-state index < -0.39 is 15.8 Å².